The van der Waals surface area contributed by atoms with E-state index in [1.807, 2.05) is 0 Å². The molecule has 0 bridgehead atoms. The molecule has 166 valence electrons. The minimum atomic E-state index is -1.28. The third-order valence-corrected chi connectivity index (χ3v) is 6.46. The molecule has 1 aliphatic heterocycles. The molecular weight excluding hydrogens is 446 g/mol. The number of hydrogen-bond acceptors (Lipinski definition) is 5. The molecule has 1 saturated heterocycles. The third kappa shape index (κ3) is 4.99. The zero-order valence-electron chi connectivity index (χ0n) is 16.7. The lowest BCUT2D eigenvalue weighted by molar-refractivity contribution is -0.139. The zero-order chi connectivity index (χ0) is 22.2. The number of hydrogen-bond donors (Lipinski definition) is 2. The molecule has 1 aromatic heterocycles. The number of benzene rings is 1. The number of aromatic nitrogens is 3. The van der Waals surface area contributed by atoms with Crippen LogP contribution in [-0.4, -0.2) is 61.2 Å². The zero-order valence-corrected chi connectivity index (χ0v) is 18.2. The second kappa shape index (κ2) is 8.72. The number of nitrogens with zero attached hydrogens (tertiary/aromatic N) is 4. The van der Waals surface area contributed by atoms with Crippen molar-refractivity contribution in [2.24, 2.45) is 5.73 Å². The Hall–Kier alpha value is -2.23. The van der Waals surface area contributed by atoms with Crippen LogP contribution in [0.5, 0.6) is 0 Å². The monoisotopic (exact) mass is 468 g/mol. The summed E-state index contributed by atoms with van der Waals surface area (Å²) < 4.78 is 15.7. The van der Waals surface area contributed by atoms with E-state index in [1.54, 1.807) is 22.9 Å². The van der Waals surface area contributed by atoms with E-state index >= 15 is 0 Å². The van der Waals surface area contributed by atoms with Crippen LogP contribution in [0.3, 0.4) is 0 Å². The Balaban J connectivity index is 1.44. The SMILES string of the molecule is N[C@H](CC1(Cl)CC1)C(=O)N1C[C@H](F)C[C@H]1C(=O)NCc1cc(Cl)ccc1-n1cncn1. The number of nitrogens with two attached hydrogens (primary N) is 1. The van der Waals surface area contributed by atoms with Crippen LogP contribution >= 0.6 is 23.2 Å². The van der Waals surface area contributed by atoms with Crippen LogP contribution < -0.4 is 11.1 Å². The van der Waals surface area contributed by atoms with Crippen molar-refractivity contribution >= 4 is 35.0 Å². The molecule has 0 unspecified atom stereocenters. The van der Waals surface area contributed by atoms with Gasteiger partial charge in [0.05, 0.1) is 18.3 Å². The van der Waals surface area contributed by atoms with Crippen LogP contribution in [0.25, 0.3) is 5.69 Å². The van der Waals surface area contributed by atoms with Gasteiger partial charge < -0.3 is 16.0 Å². The van der Waals surface area contributed by atoms with Crippen LogP contribution in [-0.2, 0) is 16.1 Å². The van der Waals surface area contributed by atoms with E-state index in [9.17, 15) is 14.0 Å². The molecule has 31 heavy (non-hydrogen) atoms. The fourth-order valence-electron chi connectivity index (χ4n) is 3.86. The number of rotatable bonds is 7. The van der Waals surface area contributed by atoms with Gasteiger partial charge in [0.1, 0.15) is 24.9 Å². The maximum Gasteiger partial charge on any atom is 0.243 e. The van der Waals surface area contributed by atoms with Crippen molar-refractivity contribution in [3.63, 3.8) is 0 Å². The Morgan fingerprint density at radius 2 is 2.16 bits per heavy atom. The summed E-state index contributed by atoms with van der Waals surface area (Å²) in [6.45, 7) is -0.0256. The molecule has 1 saturated carbocycles. The van der Waals surface area contributed by atoms with Gasteiger partial charge in [-0.25, -0.2) is 14.1 Å². The molecule has 3 N–H and O–H groups in total. The van der Waals surface area contributed by atoms with Gasteiger partial charge in [0.2, 0.25) is 11.8 Å². The average molecular weight is 469 g/mol. The summed E-state index contributed by atoms with van der Waals surface area (Å²) in [6.07, 6.45) is 3.51. The highest BCUT2D eigenvalue weighted by Gasteiger charge is 2.46. The maximum absolute atomic E-state index is 14.1. The van der Waals surface area contributed by atoms with Crippen molar-refractivity contribution in [3.8, 4) is 5.69 Å². The third-order valence-electron chi connectivity index (χ3n) is 5.69. The van der Waals surface area contributed by atoms with E-state index in [1.165, 1.54) is 17.6 Å². The van der Waals surface area contributed by atoms with Gasteiger partial charge in [0, 0.05) is 22.9 Å². The van der Waals surface area contributed by atoms with Crippen molar-refractivity contribution < 1.29 is 14.0 Å². The van der Waals surface area contributed by atoms with Gasteiger partial charge in [-0.05, 0) is 43.0 Å². The highest BCUT2D eigenvalue weighted by Crippen LogP contribution is 2.46. The molecule has 2 aliphatic rings. The molecule has 1 aliphatic carbocycles. The number of carbonyl (C=O) groups excluding carboxylic acids is 2. The maximum atomic E-state index is 14.1. The van der Waals surface area contributed by atoms with Crippen LogP contribution in [0.4, 0.5) is 4.39 Å². The quantitative estimate of drug-likeness (QED) is 0.604. The van der Waals surface area contributed by atoms with Crippen LogP contribution in [0.2, 0.25) is 5.02 Å². The predicted molar refractivity (Wildman–Crippen MR) is 114 cm³/mol. The summed E-state index contributed by atoms with van der Waals surface area (Å²) in [5, 5.41) is 7.39. The van der Waals surface area contributed by atoms with E-state index in [-0.39, 0.29) is 19.5 Å². The molecule has 2 aromatic rings. The molecule has 3 atom stereocenters. The summed E-state index contributed by atoms with van der Waals surface area (Å²) >= 11 is 12.4. The van der Waals surface area contributed by atoms with Gasteiger partial charge in [-0.15, -0.1) is 11.6 Å². The molecule has 2 fully saturated rings. The topological polar surface area (TPSA) is 106 Å². The van der Waals surface area contributed by atoms with E-state index in [0.717, 1.165) is 12.8 Å². The van der Waals surface area contributed by atoms with Gasteiger partial charge in [-0.1, -0.05) is 11.6 Å². The summed E-state index contributed by atoms with van der Waals surface area (Å²) in [7, 11) is 0. The molecule has 11 heteroatoms. The van der Waals surface area contributed by atoms with Crippen LogP contribution in [0, 0.1) is 0 Å². The molecule has 8 nitrogen and oxygen atoms in total. The minimum Gasteiger partial charge on any atom is -0.350 e. The summed E-state index contributed by atoms with van der Waals surface area (Å²) in [4.78, 5) is 30.4. The van der Waals surface area contributed by atoms with Crippen molar-refractivity contribution in [1.29, 1.82) is 0 Å². The standard InChI is InChI=1S/C20H23Cl2FN6O2/c21-13-1-2-16(29-11-25-10-27-29)12(5-13)8-26-18(30)17-6-14(23)9-28(17)19(31)15(24)7-20(22)3-4-20/h1-2,5,10-11,14-15,17H,3-4,6-9,24H2,(H,26,30)/t14-,15-,17+/m1/s1. The first-order chi connectivity index (χ1) is 14.8. The summed E-state index contributed by atoms with van der Waals surface area (Å²) in [5.74, 6) is -0.893. The van der Waals surface area contributed by atoms with Gasteiger partial charge in [-0.2, -0.15) is 5.10 Å². The van der Waals surface area contributed by atoms with Crippen molar-refractivity contribution in [3.05, 3.63) is 41.4 Å². The molecule has 2 amide bonds. The second-order valence-electron chi connectivity index (χ2n) is 8.13. The number of nitrogens with one attached hydrogen (secondary N) is 1. The van der Waals surface area contributed by atoms with E-state index in [4.69, 9.17) is 28.9 Å². The summed E-state index contributed by atoms with van der Waals surface area (Å²) in [5.41, 5.74) is 7.43. The van der Waals surface area contributed by atoms with Crippen molar-refractivity contribution in [2.75, 3.05) is 6.54 Å². The molecule has 4 rings (SSSR count). The molecule has 2 heterocycles. The average Bonchev–Trinajstić information content (AvgIpc) is 3.12. The molecule has 1 aromatic carbocycles. The fourth-order valence-corrected chi connectivity index (χ4v) is 4.32. The van der Waals surface area contributed by atoms with E-state index < -0.39 is 34.9 Å². The molecule has 0 spiro atoms. The Bertz CT molecular complexity index is 969. The van der Waals surface area contributed by atoms with Crippen molar-refractivity contribution in [2.45, 2.75) is 55.4 Å². The van der Waals surface area contributed by atoms with Crippen LogP contribution in [0.15, 0.2) is 30.9 Å². The van der Waals surface area contributed by atoms with E-state index in [0.29, 0.717) is 22.7 Å². The minimum absolute atomic E-state index is 0.0677. The number of amides is 2. The first-order valence-electron chi connectivity index (χ1n) is 10.1. The van der Waals surface area contributed by atoms with Gasteiger partial charge >= 0.3 is 0 Å². The first-order valence-corrected chi connectivity index (χ1v) is 10.8. The fraction of sp³-hybridized carbons (Fsp3) is 0.500. The normalized spacial score (nSPS) is 22.9. The molecular formula is C20H23Cl2FN6O2. The predicted octanol–water partition coefficient (Wildman–Crippen LogP) is 1.96. The highest BCUT2D eigenvalue weighted by molar-refractivity contribution is 6.30. The number of likely N-dealkylation sites (tertiary alicyclic amines) is 1. The van der Waals surface area contributed by atoms with Crippen molar-refractivity contribution in [1.82, 2.24) is 25.0 Å². The van der Waals surface area contributed by atoms with Crippen LogP contribution in [0.1, 0.15) is 31.2 Å². The first kappa shape index (κ1) is 22.0. The number of halogens is 3. The lowest BCUT2D eigenvalue weighted by Crippen LogP contribution is -2.51. The number of alkyl halides is 2. The number of carbonyl (C=O) groups is 2. The Morgan fingerprint density at radius 1 is 1.39 bits per heavy atom. The van der Waals surface area contributed by atoms with Gasteiger partial charge in [0.15, 0.2) is 0 Å². The Kier molecular flexibility index (Phi) is 6.18. The second-order valence-corrected chi connectivity index (χ2v) is 9.37. The smallest absolute Gasteiger partial charge is 0.243 e. The Labute approximate surface area is 188 Å². The van der Waals surface area contributed by atoms with Gasteiger partial charge in [0.25, 0.3) is 0 Å². The Morgan fingerprint density at radius 3 is 2.84 bits per heavy atom. The lowest BCUT2D eigenvalue weighted by Gasteiger charge is -2.27. The largest absolute Gasteiger partial charge is 0.350 e. The summed E-state index contributed by atoms with van der Waals surface area (Å²) in [6, 6.07) is 3.40. The van der Waals surface area contributed by atoms with Gasteiger partial charge in [-0.3, -0.25) is 9.59 Å². The highest BCUT2D eigenvalue weighted by atomic mass is 35.5. The lowest BCUT2D eigenvalue weighted by atomic mass is 10.1. The van der Waals surface area contributed by atoms with E-state index in [2.05, 4.69) is 15.4 Å². The molecule has 0 radical (unpaired) electrons.